The molecule has 1 rings (SSSR count). The summed E-state index contributed by atoms with van der Waals surface area (Å²) in [6.45, 7) is 15.4. The summed E-state index contributed by atoms with van der Waals surface area (Å²) in [5.41, 5.74) is 0. The van der Waals surface area contributed by atoms with E-state index in [1.807, 2.05) is 0 Å². The van der Waals surface area contributed by atoms with Crippen molar-refractivity contribution in [3.8, 4) is 0 Å². The molecule has 0 bridgehead atoms. The van der Waals surface area contributed by atoms with E-state index in [-0.39, 0.29) is 12.2 Å². The van der Waals surface area contributed by atoms with Crippen molar-refractivity contribution in [2.24, 2.45) is 17.8 Å². The van der Waals surface area contributed by atoms with E-state index in [9.17, 15) is 4.79 Å². The van der Waals surface area contributed by atoms with E-state index < -0.39 is 0 Å². The van der Waals surface area contributed by atoms with E-state index in [4.69, 9.17) is 0 Å². The van der Waals surface area contributed by atoms with E-state index in [1.54, 1.807) is 0 Å². The van der Waals surface area contributed by atoms with Crippen molar-refractivity contribution in [2.75, 3.05) is 0 Å². The Kier molecular flexibility index (Phi) is 6.50. The van der Waals surface area contributed by atoms with Crippen molar-refractivity contribution in [1.29, 1.82) is 0 Å². The first-order chi connectivity index (χ1) is 9.27. The molecular formula is C17H34N2O. The summed E-state index contributed by atoms with van der Waals surface area (Å²) in [5, 5.41) is 3.57. The molecular weight excluding hydrogens is 248 g/mol. The third-order valence-electron chi connectivity index (χ3n) is 4.50. The van der Waals surface area contributed by atoms with Gasteiger partial charge in [-0.25, -0.2) is 0 Å². The highest BCUT2D eigenvalue weighted by Gasteiger charge is 2.42. The van der Waals surface area contributed by atoms with Crippen LogP contribution >= 0.6 is 0 Å². The van der Waals surface area contributed by atoms with Crippen LogP contribution in [0.15, 0.2) is 0 Å². The molecule has 3 heteroatoms. The molecule has 1 fully saturated rings. The maximum absolute atomic E-state index is 12.7. The minimum atomic E-state index is -0.00173. The monoisotopic (exact) mass is 282 g/mol. The predicted molar refractivity (Wildman–Crippen MR) is 85.4 cm³/mol. The number of carbonyl (C=O) groups excluding carboxylic acids is 1. The molecule has 1 amide bonds. The van der Waals surface area contributed by atoms with Gasteiger partial charge >= 0.3 is 0 Å². The Hall–Kier alpha value is -0.570. The highest BCUT2D eigenvalue weighted by Crippen LogP contribution is 2.26. The van der Waals surface area contributed by atoms with Crippen LogP contribution in [-0.4, -0.2) is 29.1 Å². The Bertz CT molecular complexity index is 314. The molecule has 0 radical (unpaired) electrons. The summed E-state index contributed by atoms with van der Waals surface area (Å²) in [5.74, 6) is 1.94. The summed E-state index contributed by atoms with van der Waals surface area (Å²) < 4.78 is 0. The fourth-order valence-corrected chi connectivity index (χ4v) is 3.17. The number of carbonyl (C=O) groups is 1. The van der Waals surface area contributed by atoms with Crippen molar-refractivity contribution in [3.63, 3.8) is 0 Å². The zero-order chi connectivity index (χ0) is 15.4. The van der Waals surface area contributed by atoms with Gasteiger partial charge in [-0.05, 0) is 37.5 Å². The van der Waals surface area contributed by atoms with Gasteiger partial charge in [-0.3, -0.25) is 10.1 Å². The van der Waals surface area contributed by atoms with Crippen molar-refractivity contribution in [1.82, 2.24) is 10.2 Å². The molecule has 0 saturated carbocycles. The Morgan fingerprint density at radius 3 is 2.20 bits per heavy atom. The van der Waals surface area contributed by atoms with Crippen LogP contribution in [0.5, 0.6) is 0 Å². The average molecular weight is 282 g/mol. The van der Waals surface area contributed by atoms with Gasteiger partial charge < -0.3 is 4.90 Å². The van der Waals surface area contributed by atoms with E-state index in [0.29, 0.717) is 29.7 Å². The maximum atomic E-state index is 12.7. The van der Waals surface area contributed by atoms with Gasteiger partial charge in [0.25, 0.3) is 0 Å². The summed E-state index contributed by atoms with van der Waals surface area (Å²) in [6, 6.07) is 0.329. The van der Waals surface area contributed by atoms with E-state index in [1.165, 1.54) is 6.42 Å². The standard InChI is InChI=1S/C17H34N2O/c1-8-13(6)10-14(7)19-15(9-11(2)3)18-16(12(4)5)17(19)20/h11-16,18H,8-10H2,1-7H3. The van der Waals surface area contributed by atoms with Gasteiger partial charge in [0.05, 0.1) is 12.2 Å². The predicted octanol–water partition coefficient (Wildman–Crippen LogP) is 3.64. The van der Waals surface area contributed by atoms with Crippen LogP contribution in [0.2, 0.25) is 0 Å². The van der Waals surface area contributed by atoms with Crippen molar-refractivity contribution in [3.05, 3.63) is 0 Å². The molecule has 0 aromatic carbocycles. The minimum absolute atomic E-state index is 0.00173. The third-order valence-corrected chi connectivity index (χ3v) is 4.50. The highest BCUT2D eigenvalue weighted by molar-refractivity contribution is 5.84. The molecule has 1 aliphatic rings. The molecule has 4 atom stereocenters. The topological polar surface area (TPSA) is 32.3 Å². The molecule has 1 N–H and O–H groups in total. The molecule has 0 aliphatic carbocycles. The highest BCUT2D eigenvalue weighted by atomic mass is 16.2. The fraction of sp³-hybridized carbons (Fsp3) is 0.941. The van der Waals surface area contributed by atoms with Crippen molar-refractivity contribution in [2.45, 2.75) is 86.0 Å². The first kappa shape index (κ1) is 17.5. The quantitative estimate of drug-likeness (QED) is 0.773. The lowest BCUT2D eigenvalue weighted by Gasteiger charge is -2.32. The SMILES string of the molecule is CCC(C)CC(C)N1C(=O)C(C(C)C)NC1CC(C)C. The third kappa shape index (κ3) is 4.21. The first-order valence-electron chi connectivity index (χ1n) is 8.36. The summed E-state index contributed by atoms with van der Waals surface area (Å²) >= 11 is 0. The Labute approximate surface area is 125 Å². The molecule has 0 spiro atoms. The molecule has 1 aliphatic heterocycles. The molecule has 1 heterocycles. The Balaban J connectivity index is 2.83. The van der Waals surface area contributed by atoms with Gasteiger partial charge in [-0.15, -0.1) is 0 Å². The molecule has 0 aromatic rings. The normalized spacial score (nSPS) is 26.6. The lowest BCUT2D eigenvalue weighted by atomic mass is 9.98. The van der Waals surface area contributed by atoms with Gasteiger partial charge in [0.15, 0.2) is 0 Å². The average Bonchev–Trinajstić information content (AvgIpc) is 2.65. The first-order valence-corrected chi connectivity index (χ1v) is 8.36. The molecule has 1 saturated heterocycles. The van der Waals surface area contributed by atoms with Gasteiger partial charge in [0, 0.05) is 6.04 Å². The number of rotatable bonds is 7. The lowest BCUT2D eigenvalue weighted by molar-refractivity contribution is -0.133. The Morgan fingerprint density at radius 1 is 1.15 bits per heavy atom. The maximum Gasteiger partial charge on any atom is 0.241 e. The largest absolute Gasteiger partial charge is 0.323 e. The molecule has 4 unspecified atom stereocenters. The summed E-state index contributed by atoms with van der Waals surface area (Å²) in [4.78, 5) is 14.8. The zero-order valence-electron chi connectivity index (χ0n) is 14.4. The summed E-state index contributed by atoms with van der Waals surface area (Å²) in [7, 11) is 0. The van der Waals surface area contributed by atoms with Crippen LogP contribution in [0.25, 0.3) is 0 Å². The zero-order valence-corrected chi connectivity index (χ0v) is 14.4. The van der Waals surface area contributed by atoms with Crippen LogP contribution < -0.4 is 5.32 Å². The van der Waals surface area contributed by atoms with E-state index in [2.05, 4.69) is 58.7 Å². The molecule has 0 aromatic heterocycles. The Morgan fingerprint density at radius 2 is 1.75 bits per heavy atom. The molecule has 20 heavy (non-hydrogen) atoms. The van der Waals surface area contributed by atoms with Gasteiger partial charge in [-0.2, -0.15) is 0 Å². The van der Waals surface area contributed by atoms with Crippen molar-refractivity contribution >= 4 is 5.91 Å². The smallest absolute Gasteiger partial charge is 0.241 e. The van der Waals surface area contributed by atoms with Gasteiger partial charge in [0.1, 0.15) is 0 Å². The van der Waals surface area contributed by atoms with E-state index in [0.717, 1.165) is 12.8 Å². The molecule has 118 valence electrons. The van der Waals surface area contributed by atoms with Crippen LogP contribution in [0.4, 0.5) is 0 Å². The number of hydrogen-bond donors (Lipinski definition) is 1. The number of nitrogens with one attached hydrogen (secondary N) is 1. The lowest BCUT2D eigenvalue weighted by Crippen LogP contribution is -2.44. The van der Waals surface area contributed by atoms with Crippen molar-refractivity contribution < 1.29 is 4.79 Å². The number of nitrogens with zero attached hydrogens (tertiary/aromatic N) is 1. The van der Waals surface area contributed by atoms with Crippen LogP contribution in [-0.2, 0) is 4.79 Å². The number of amides is 1. The van der Waals surface area contributed by atoms with Crippen LogP contribution in [0.3, 0.4) is 0 Å². The summed E-state index contributed by atoms with van der Waals surface area (Å²) in [6.07, 6.45) is 3.54. The molecule has 3 nitrogen and oxygen atoms in total. The number of hydrogen-bond acceptors (Lipinski definition) is 2. The van der Waals surface area contributed by atoms with Crippen LogP contribution in [0, 0.1) is 17.8 Å². The second-order valence-corrected chi connectivity index (χ2v) is 7.38. The van der Waals surface area contributed by atoms with E-state index >= 15 is 0 Å². The minimum Gasteiger partial charge on any atom is -0.323 e. The second kappa shape index (κ2) is 7.44. The second-order valence-electron chi connectivity index (χ2n) is 7.38. The fourth-order valence-electron chi connectivity index (χ4n) is 3.17. The van der Waals surface area contributed by atoms with Gasteiger partial charge in [0.2, 0.25) is 5.91 Å². The van der Waals surface area contributed by atoms with Crippen LogP contribution in [0.1, 0.15) is 67.7 Å². The van der Waals surface area contributed by atoms with Gasteiger partial charge in [-0.1, -0.05) is 48.0 Å².